The highest BCUT2D eigenvalue weighted by atomic mass is 35.5. The van der Waals surface area contributed by atoms with Crippen molar-refractivity contribution in [2.75, 3.05) is 12.4 Å². The molecule has 0 saturated carbocycles. The lowest BCUT2D eigenvalue weighted by molar-refractivity contribution is 0.0946. The van der Waals surface area contributed by atoms with E-state index in [1.54, 1.807) is 12.3 Å². The quantitative estimate of drug-likeness (QED) is 0.794. The van der Waals surface area contributed by atoms with Gasteiger partial charge in [0.2, 0.25) is 0 Å². The summed E-state index contributed by atoms with van der Waals surface area (Å²) in [5, 5.41) is 2.92. The first-order chi connectivity index (χ1) is 8.17. The summed E-state index contributed by atoms with van der Waals surface area (Å²) in [7, 11) is 0. The number of carbonyl (C=O) groups is 1. The highest BCUT2D eigenvalue weighted by Gasteiger charge is 2.09. The fraction of sp³-hybridized carbons (Fsp3) is 0.538. The summed E-state index contributed by atoms with van der Waals surface area (Å²) in [6.07, 6.45) is 3.57. The van der Waals surface area contributed by atoms with Crippen molar-refractivity contribution in [2.24, 2.45) is 5.92 Å². The summed E-state index contributed by atoms with van der Waals surface area (Å²) in [6, 6.07) is 3.63. The van der Waals surface area contributed by atoms with Crippen LogP contribution < -0.4 is 5.32 Å². The van der Waals surface area contributed by atoms with Crippen LogP contribution in [-0.4, -0.2) is 23.3 Å². The third-order valence-electron chi connectivity index (χ3n) is 2.82. The van der Waals surface area contributed by atoms with E-state index in [0.717, 1.165) is 18.5 Å². The van der Waals surface area contributed by atoms with Gasteiger partial charge in [0.05, 0.1) is 5.56 Å². The maximum absolute atomic E-state index is 11.8. The normalized spacial score (nSPS) is 12.2. The first-order valence-electron chi connectivity index (χ1n) is 5.94. The van der Waals surface area contributed by atoms with Crippen LogP contribution in [-0.2, 0) is 0 Å². The van der Waals surface area contributed by atoms with E-state index in [1.165, 1.54) is 0 Å². The van der Waals surface area contributed by atoms with Crippen molar-refractivity contribution < 1.29 is 4.79 Å². The van der Waals surface area contributed by atoms with Gasteiger partial charge in [0.25, 0.3) is 5.91 Å². The lowest BCUT2D eigenvalue weighted by atomic mass is 10.0. The van der Waals surface area contributed by atoms with Crippen LogP contribution in [0.5, 0.6) is 0 Å². The highest BCUT2D eigenvalue weighted by molar-refractivity contribution is 6.17. The molecule has 1 N–H and O–H groups in total. The van der Waals surface area contributed by atoms with Crippen molar-refractivity contribution in [3.05, 3.63) is 29.6 Å². The molecule has 0 aliphatic carbocycles. The molecule has 0 aliphatic rings. The van der Waals surface area contributed by atoms with Crippen LogP contribution in [0.25, 0.3) is 0 Å². The number of nitrogens with one attached hydrogen (secondary N) is 1. The molecule has 1 aromatic rings. The zero-order valence-electron chi connectivity index (χ0n) is 10.4. The third kappa shape index (κ3) is 4.73. The average molecular weight is 255 g/mol. The van der Waals surface area contributed by atoms with Crippen molar-refractivity contribution >= 4 is 17.5 Å². The van der Waals surface area contributed by atoms with Crippen molar-refractivity contribution in [2.45, 2.75) is 26.7 Å². The Morgan fingerprint density at radius 3 is 2.82 bits per heavy atom. The zero-order valence-corrected chi connectivity index (χ0v) is 11.1. The maximum Gasteiger partial charge on any atom is 0.252 e. The molecular weight excluding hydrogens is 236 g/mol. The number of carbonyl (C=O) groups excluding carboxylic acids is 1. The van der Waals surface area contributed by atoms with Gasteiger partial charge in [-0.1, -0.05) is 13.3 Å². The second kappa shape index (κ2) is 7.28. The second-order valence-electron chi connectivity index (χ2n) is 4.15. The van der Waals surface area contributed by atoms with Gasteiger partial charge in [-0.15, -0.1) is 11.6 Å². The Balaban J connectivity index is 2.46. The molecule has 0 aliphatic heterocycles. The van der Waals surface area contributed by atoms with Gasteiger partial charge in [-0.2, -0.15) is 0 Å². The predicted molar refractivity (Wildman–Crippen MR) is 70.4 cm³/mol. The first-order valence-corrected chi connectivity index (χ1v) is 6.47. The Morgan fingerprint density at radius 1 is 1.53 bits per heavy atom. The molecule has 0 radical (unpaired) electrons. The average Bonchev–Trinajstić information content (AvgIpc) is 2.35. The first kappa shape index (κ1) is 14.0. The molecule has 0 fully saturated rings. The largest absolute Gasteiger partial charge is 0.352 e. The number of hydrogen-bond donors (Lipinski definition) is 1. The molecule has 1 heterocycles. The topological polar surface area (TPSA) is 42.0 Å². The number of alkyl halides is 1. The SMILES string of the molecule is CCC(CCCl)CNC(=O)c1ccc(C)nc1. The van der Waals surface area contributed by atoms with Crippen LogP contribution in [0.4, 0.5) is 0 Å². The van der Waals surface area contributed by atoms with E-state index >= 15 is 0 Å². The molecule has 1 unspecified atom stereocenters. The maximum atomic E-state index is 11.8. The Morgan fingerprint density at radius 2 is 2.29 bits per heavy atom. The Kier molecular flexibility index (Phi) is 5.98. The van der Waals surface area contributed by atoms with E-state index in [2.05, 4.69) is 17.2 Å². The fourth-order valence-electron chi connectivity index (χ4n) is 1.55. The van der Waals surface area contributed by atoms with Crippen LogP contribution in [0.3, 0.4) is 0 Å². The lowest BCUT2D eigenvalue weighted by Crippen LogP contribution is -2.29. The molecule has 17 heavy (non-hydrogen) atoms. The van der Waals surface area contributed by atoms with Crippen LogP contribution in [0.2, 0.25) is 0 Å². The predicted octanol–water partition coefficient (Wildman–Crippen LogP) is 2.77. The minimum Gasteiger partial charge on any atom is -0.352 e. The van der Waals surface area contributed by atoms with Crippen molar-refractivity contribution in [1.29, 1.82) is 0 Å². The Bertz CT molecular complexity index is 351. The van der Waals surface area contributed by atoms with E-state index in [1.807, 2.05) is 13.0 Å². The van der Waals surface area contributed by atoms with Gasteiger partial charge in [0.1, 0.15) is 0 Å². The number of pyridine rings is 1. The molecule has 94 valence electrons. The van der Waals surface area contributed by atoms with E-state index < -0.39 is 0 Å². The monoisotopic (exact) mass is 254 g/mol. The van der Waals surface area contributed by atoms with Crippen LogP contribution >= 0.6 is 11.6 Å². The van der Waals surface area contributed by atoms with E-state index in [-0.39, 0.29) is 5.91 Å². The highest BCUT2D eigenvalue weighted by Crippen LogP contribution is 2.08. The number of rotatable bonds is 6. The van der Waals surface area contributed by atoms with Gasteiger partial charge in [-0.05, 0) is 31.4 Å². The number of amides is 1. The number of nitrogens with zero attached hydrogens (tertiary/aromatic N) is 1. The lowest BCUT2D eigenvalue weighted by Gasteiger charge is -2.14. The third-order valence-corrected chi connectivity index (χ3v) is 3.04. The number of hydrogen-bond acceptors (Lipinski definition) is 2. The molecule has 0 aromatic carbocycles. The van der Waals surface area contributed by atoms with Crippen molar-refractivity contribution in [3.63, 3.8) is 0 Å². The minimum atomic E-state index is -0.0643. The molecule has 1 amide bonds. The van der Waals surface area contributed by atoms with Crippen LogP contribution in [0, 0.1) is 12.8 Å². The molecule has 1 atom stereocenters. The second-order valence-corrected chi connectivity index (χ2v) is 4.53. The summed E-state index contributed by atoms with van der Waals surface area (Å²) in [4.78, 5) is 15.9. The van der Waals surface area contributed by atoms with Gasteiger partial charge in [0.15, 0.2) is 0 Å². The molecule has 1 rings (SSSR count). The number of halogens is 1. The molecule has 3 nitrogen and oxygen atoms in total. The summed E-state index contributed by atoms with van der Waals surface area (Å²) in [6.45, 7) is 4.68. The molecule has 0 bridgehead atoms. The number of aromatic nitrogens is 1. The number of aryl methyl sites for hydroxylation is 1. The molecule has 0 saturated heterocycles. The zero-order chi connectivity index (χ0) is 12.7. The van der Waals surface area contributed by atoms with Gasteiger partial charge < -0.3 is 5.32 Å². The Hall–Kier alpha value is -1.09. The van der Waals surface area contributed by atoms with Gasteiger partial charge in [-0.25, -0.2) is 0 Å². The van der Waals surface area contributed by atoms with Gasteiger partial charge >= 0.3 is 0 Å². The standard InChI is InChI=1S/C13H19ClN2O/c1-3-11(6-7-14)8-16-13(17)12-5-4-10(2)15-9-12/h4-5,9,11H,3,6-8H2,1-2H3,(H,16,17). The van der Waals surface area contributed by atoms with E-state index in [9.17, 15) is 4.79 Å². The van der Waals surface area contributed by atoms with Gasteiger partial charge in [0, 0.05) is 24.3 Å². The fourth-order valence-corrected chi connectivity index (χ4v) is 1.85. The van der Waals surface area contributed by atoms with E-state index in [4.69, 9.17) is 11.6 Å². The molecule has 1 aromatic heterocycles. The molecule has 4 heteroatoms. The Labute approximate surface area is 108 Å². The van der Waals surface area contributed by atoms with Crippen LogP contribution in [0.15, 0.2) is 18.3 Å². The summed E-state index contributed by atoms with van der Waals surface area (Å²) in [5.41, 5.74) is 1.52. The molecule has 0 spiro atoms. The van der Waals surface area contributed by atoms with E-state index in [0.29, 0.717) is 23.9 Å². The summed E-state index contributed by atoms with van der Waals surface area (Å²) >= 11 is 5.70. The summed E-state index contributed by atoms with van der Waals surface area (Å²) in [5.74, 6) is 1.03. The van der Waals surface area contributed by atoms with Crippen molar-refractivity contribution in [1.82, 2.24) is 10.3 Å². The molecular formula is C13H19ClN2O. The van der Waals surface area contributed by atoms with Crippen LogP contribution in [0.1, 0.15) is 35.8 Å². The van der Waals surface area contributed by atoms with Crippen molar-refractivity contribution in [3.8, 4) is 0 Å². The minimum absolute atomic E-state index is 0.0643. The smallest absolute Gasteiger partial charge is 0.252 e. The van der Waals surface area contributed by atoms with Gasteiger partial charge in [-0.3, -0.25) is 9.78 Å². The summed E-state index contributed by atoms with van der Waals surface area (Å²) < 4.78 is 0.